The molecule has 20 heteroatoms. The lowest BCUT2D eigenvalue weighted by atomic mass is 10.1. The van der Waals surface area contributed by atoms with Gasteiger partial charge in [0.1, 0.15) is 31.3 Å². The highest BCUT2D eigenvalue weighted by Crippen LogP contribution is 2.24. The molecule has 2 fully saturated rings. The molecule has 0 aliphatic carbocycles. The number of hydrogen-bond acceptors (Lipinski definition) is 11. The molecular weight excluding hydrogens is 811 g/mol. The van der Waals surface area contributed by atoms with E-state index < -0.39 is 69.3 Å². The van der Waals surface area contributed by atoms with Crippen molar-refractivity contribution in [3.63, 3.8) is 0 Å². The van der Waals surface area contributed by atoms with Crippen molar-refractivity contribution in [1.82, 2.24) is 25.2 Å². The molecule has 19 nitrogen and oxygen atoms in total. The third kappa shape index (κ3) is 12.2. The van der Waals surface area contributed by atoms with Gasteiger partial charge in [0.25, 0.3) is 15.7 Å². The number of benzene rings is 3. The largest absolute Gasteiger partial charge is 0.445 e. The highest BCUT2D eigenvalue weighted by molar-refractivity contribution is 7.90. The third-order valence-corrected chi connectivity index (χ3v) is 12.0. The summed E-state index contributed by atoms with van der Waals surface area (Å²) in [5, 5.41) is 19.0. The van der Waals surface area contributed by atoms with Gasteiger partial charge in [0.05, 0.1) is 9.82 Å². The molecule has 0 spiro atoms. The van der Waals surface area contributed by atoms with E-state index >= 15 is 0 Å². The van der Waals surface area contributed by atoms with Crippen molar-refractivity contribution in [3.8, 4) is 0 Å². The smallest absolute Gasteiger partial charge is 0.407 e. The molecule has 0 unspecified atom stereocenters. The Balaban J connectivity index is 1.26. The van der Waals surface area contributed by atoms with Gasteiger partial charge in [-0.2, -0.15) is 0 Å². The van der Waals surface area contributed by atoms with Crippen molar-refractivity contribution >= 4 is 57.1 Å². The molecule has 3 aromatic carbocycles. The Bertz CT molecular complexity index is 2230. The standard InChI is InChI=1S/C41H51N9O10S/c1-26-22-27(2)36(28(3)23-26)61(58,59)47-40(42)43-19-7-12-32(39(54)49-21-9-14-34(49)37(52)45-30-15-17-31(18-16-30)50(56)57)46-38(53)33-13-8-20-48(33)35(51)24-44-41(55)60-25-29-10-5-4-6-11-29/h4-6,10-11,15-18,22-23,32-34H,7-9,12-14,19-21,24-25H2,1-3H3,(H,44,55)(H,45,52)(H,46,53)(H3,42,43,47)/t32-,33-,34-/m0/s1. The van der Waals surface area contributed by atoms with Gasteiger partial charge in [0.15, 0.2) is 0 Å². The quantitative estimate of drug-likeness (QED) is 0.0460. The number of alkyl carbamates (subject to hydrolysis) is 1. The van der Waals surface area contributed by atoms with Crippen LogP contribution >= 0.6 is 0 Å². The molecule has 5 amide bonds. The first-order valence-electron chi connectivity index (χ1n) is 19.8. The number of aryl methyl sites for hydroxylation is 3. The number of amides is 5. The van der Waals surface area contributed by atoms with E-state index in [9.17, 15) is 42.5 Å². The molecule has 0 radical (unpaired) electrons. The summed E-state index contributed by atoms with van der Waals surface area (Å²) in [4.78, 5) is 84.7. The Morgan fingerprint density at radius 1 is 0.918 bits per heavy atom. The first-order valence-corrected chi connectivity index (χ1v) is 21.3. The van der Waals surface area contributed by atoms with Crippen molar-refractivity contribution in [2.45, 2.75) is 88.9 Å². The van der Waals surface area contributed by atoms with Crippen molar-refractivity contribution in [1.29, 1.82) is 0 Å². The number of nitrogens with one attached hydrogen (secondary N) is 4. The summed E-state index contributed by atoms with van der Waals surface area (Å²) in [6, 6.07) is 14.7. The van der Waals surface area contributed by atoms with Gasteiger partial charge in [0.2, 0.25) is 29.6 Å². The second-order valence-electron chi connectivity index (χ2n) is 14.9. The van der Waals surface area contributed by atoms with Gasteiger partial charge in [-0.1, -0.05) is 48.0 Å². The maximum atomic E-state index is 14.3. The predicted octanol–water partition coefficient (Wildman–Crippen LogP) is 2.93. The summed E-state index contributed by atoms with van der Waals surface area (Å²) >= 11 is 0. The molecule has 5 rings (SSSR count). The number of nitro benzene ring substituents is 1. The number of guanidine groups is 1. The van der Waals surface area contributed by atoms with Gasteiger partial charge < -0.3 is 36.2 Å². The normalized spacial score (nSPS) is 17.0. The number of nitrogens with two attached hydrogens (primary N) is 1. The lowest BCUT2D eigenvalue weighted by Gasteiger charge is -2.30. The molecule has 61 heavy (non-hydrogen) atoms. The number of nitro groups is 1. The van der Waals surface area contributed by atoms with E-state index in [4.69, 9.17) is 10.5 Å². The first kappa shape index (κ1) is 45.5. The summed E-state index contributed by atoms with van der Waals surface area (Å²) in [7, 11) is -4.07. The van der Waals surface area contributed by atoms with Crippen molar-refractivity contribution in [2.24, 2.45) is 10.7 Å². The van der Waals surface area contributed by atoms with Gasteiger partial charge in [-0.3, -0.25) is 34.3 Å². The molecule has 0 aromatic heterocycles. The van der Waals surface area contributed by atoms with Crippen LogP contribution in [0.5, 0.6) is 0 Å². The fourth-order valence-electron chi connectivity index (χ4n) is 7.59. The maximum Gasteiger partial charge on any atom is 0.407 e. The zero-order chi connectivity index (χ0) is 44.3. The van der Waals surface area contributed by atoms with E-state index in [0.29, 0.717) is 42.5 Å². The number of carbonyl (C=O) groups is 5. The van der Waals surface area contributed by atoms with Gasteiger partial charge in [-0.25, -0.2) is 17.9 Å². The topological polar surface area (TPSA) is 265 Å². The SMILES string of the molecule is Cc1cc(C)c(S(=O)(=O)NC(N)=NCCC[C@H](NC(=O)[C@@H]2CCCN2C(=O)CNC(=O)OCc2ccccc2)C(=O)N2CCC[C@H]2C(=O)Nc2ccc([N+](=O)[O-])cc2)c(C)c1. The number of hydrogen-bond donors (Lipinski definition) is 5. The Morgan fingerprint density at radius 3 is 2.18 bits per heavy atom. The molecule has 0 saturated carbocycles. The second-order valence-corrected chi connectivity index (χ2v) is 16.6. The van der Waals surface area contributed by atoms with Crippen LogP contribution in [0.25, 0.3) is 0 Å². The Morgan fingerprint density at radius 2 is 1.54 bits per heavy atom. The van der Waals surface area contributed by atoms with E-state index in [1.54, 1.807) is 50.2 Å². The number of nitrogens with zero attached hydrogens (tertiary/aromatic N) is 4. The number of aliphatic imine (C=N–C) groups is 1. The maximum absolute atomic E-state index is 14.3. The molecule has 2 saturated heterocycles. The van der Waals surface area contributed by atoms with E-state index in [-0.39, 0.29) is 55.6 Å². The van der Waals surface area contributed by atoms with Gasteiger partial charge in [-0.05, 0) is 88.1 Å². The van der Waals surface area contributed by atoms with Crippen LogP contribution in [-0.2, 0) is 40.5 Å². The highest BCUT2D eigenvalue weighted by Gasteiger charge is 2.40. The summed E-state index contributed by atoms with van der Waals surface area (Å²) in [5.41, 5.74) is 8.88. The average molecular weight is 862 g/mol. The number of carbonyl (C=O) groups excluding carboxylic acids is 5. The number of likely N-dealkylation sites (tertiary alicyclic amines) is 2. The number of rotatable bonds is 16. The second kappa shape index (κ2) is 20.6. The molecule has 2 aliphatic rings. The molecule has 3 aromatic rings. The van der Waals surface area contributed by atoms with Crippen LogP contribution < -0.4 is 26.4 Å². The average Bonchev–Trinajstić information content (AvgIpc) is 3.91. The van der Waals surface area contributed by atoms with Crippen LogP contribution in [0.1, 0.15) is 60.8 Å². The minimum Gasteiger partial charge on any atom is -0.445 e. The van der Waals surface area contributed by atoms with Crippen LogP contribution in [0.2, 0.25) is 0 Å². The summed E-state index contributed by atoms with van der Waals surface area (Å²) < 4.78 is 33.9. The molecular formula is C41H51N9O10S. The Kier molecular flexibility index (Phi) is 15.4. The fraction of sp³-hybridized carbons (Fsp3) is 0.415. The number of ether oxygens (including phenoxy) is 1. The number of sulfonamides is 1. The number of non-ortho nitro benzene ring substituents is 1. The molecule has 2 aliphatic heterocycles. The molecule has 3 atom stereocenters. The van der Waals surface area contributed by atoms with Gasteiger partial charge in [0, 0.05) is 37.5 Å². The zero-order valence-corrected chi connectivity index (χ0v) is 35.0. The van der Waals surface area contributed by atoms with E-state index in [0.717, 1.165) is 11.1 Å². The lowest BCUT2D eigenvalue weighted by Crippen LogP contribution is -2.56. The molecule has 0 bridgehead atoms. The molecule has 2 heterocycles. The summed E-state index contributed by atoms with van der Waals surface area (Å²) in [6.07, 6.45) is 0.933. The van der Waals surface area contributed by atoms with E-state index in [1.165, 1.54) is 34.1 Å². The zero-order valence-electron chi connectivity index (χ0n) is 34.2. The van der Waals surface area contributed by atoms with E-state index in [2.05, 4.69) is 25.7 Å². The third-order valence-electron chi connectivity index (χ3n) is 10.3. The molecule has 6 N–H and O–H groups in total. The van der Waals surface area contributed by atoms with Crippen molar-refractivity contribution in [2.75, 3.05) is 31.5 Å². The Labute approximate surface area is 353 Å². The van der Waals surface area contributed by atoms with Crippen molar-refractivity contribution in [3.05, 3.63) is 99.1 Å². The first-order chi connectivity index (χ1) is 29.0. The fourth-order valence-corrected chi connectivity index (χ4v) is 9.00. The highest BCUT2D eigenvalue weighted by atomic mass is 32.2. The predicted molar refractivity (Wildman–Crippen MR) is 224 cm³/mol. The van der Waals surface area contributed by atoms with E-state index in [1.807, 2.05) is 13.0 Å². The Hall–Kier alpha value is -6.57. The van der Waals surface area contributed by atoms with Gasteiger partial charge >= 0.3 is 6.09 Å². The lowest BCUT2D eigenvalue weighted by molar-refractivity contribution is -0.384. The summed E-state index contributed by atoms with van der Waals surface area (Å²) in [6.45, 7) is 5.19. The molecule has 326 valence electrons. The van der Waals surface area contributed by atoms with Crippen LogP contribution in [0, 0.1) is 30.9 Å². The van der Waals surface area contributed by atoms with Crippen molar-refractivity contribution < 1.29 is 42.1 Å². The minimum absolute atomic E-state index is 0.00193. The van der Waals surface area contributed by atoms with Crippen LogP contribution in [0.15, 0.2) is 76.6 Å². The van der Waals surface area contributed by atoms with Crippen LogP contribution in [0.3, 0.4) is 0 Å². The summed E-state index contributed by atoms with van der Waals surface area (Å²) in [5.74, 6) is -2.58. The van der Waals surface area contributed by atoms with Gasteiger partial charge in [-0.15, -0.1) is 0 Å². The van der Waals surface area contributed by atoms with Crippen LogP contribution in [0.4, 0.5) is 16.2 Å². The monoisotopic (exact) mass is 861 g/mol. The minimum atomic E-state index is -4.07. The van der Waals surface area contributed by atoms with Crippen LogP contribution in [-0.4, -0.2) is 103 Å². The number of anilines is 1.